The van der Waals surface area contributed by atoms with E-state index in [2.05, 4.69) is 4.98 Å². The fourth-order valence-electron chi connectivity index (χ4n) is 2.58. The summed E-state index contributed by atoms with van der Waals surface area (Å²) >= 11 is 5.87. The van der Waals surface area contributed by atoms with Gasteiger partial charge in [-0.1, -0.05) is 12.1 Å². The van der Waals surface area contributed by atoms with Crippen molar-refractivity contribution in [2.45, 2.75) is 6.54 Å². The average molecular weight is 323 g/mol. The van der Waals surface area contributed by atoms with Gasteiger partial charge in [0.15, 0.2) is 0 Å². The van der Waals surface area contributed by atoms with Crippen molar-refractivity contribution in [1.82, 2.24) is 14.5 Å². The minimum atomic E-state index is -0.229. The van der Waals surface area contributed by atoms with E-state index in [0.29, 0.717) is 37.1 Å². The minimum absolute atomic E-state index is 0.00640. The van der Waals surface area contributed by atoms with Crippen LogP contribution in [0.15, 0.2) is 36.7 Å². The highest BCUT2D eigenvalue weighted by Crippen LogP contribution is 2.20. The van der Waals surface area contributed by atoms with Crippen LogP contribution in [0.4, 0.5) is 10.1 Å². The molecule has 2 aromatic rings. The summed E-state index contributed by atoms with van der Waals surface area (Å²) in [6, 6.07) is 6.70. The number of hydrogen-bond donors (Lipinski definition) is 0. The van der Waals surface area contributed by atoms with Crippen molar-refractivity contribution >= 4 is 23.2 Å². The zero-order chi connectivity index (χ0) is 15.5. The molecule has 3 rings (SSSR count). The lowest BCUT2D eigenvalue weighted by Crippen LogP contribution is -2.49. The molecule has 1 aliphatic rings. The third-order valence-electron chi connectivity index (χ3n) is 3.80. The monoisotopic (exact) mass is 322 g/mol. The molecule has 22 heavy (non-hydrogen) atoms. The summed E-state index contributed by atoms with van der Waals surface area (Å²) in [6.45, 7) is 2.55. The molecule has 0 saturated carbocycles. The minimum Gasteiger partial charge on any atom is -0.366 e. The van der Waals surface area contributed by atoms with E-state index < -0.39 is 0 Å². The Kier molecular flexibility index (Phi) is 4.29. The molecule has 1 aromatic heterocycles. The van der Waals surface area contributed by atoms with Gasteiger partial charge in [-0.3, -0.25) is 4.79 Å². The molecular weight excluding hydrogens is 307 g/mol. The van der Waals surface area contributed by atoms with Crippen LogP contribution in [-0.2, 0) is 11.3 Å². The van der Waals surface area contributed by atoms with E-state index in [-0.39, 0.29) is 18.3 Å². The SMILES string of the molecule is O=C(Cn1ccnc1Cl)N1CCN(c2ccccc2F)CC1. The van der Waals surface area contributed by atoms with Gasteiger partial charge < -0.3 is 14.4 Å². The number of carbonyl (C=O) groups excluding carboxylic acids is 1. The first-order valence-corrected chi connectivity index (χ1v) is 7.47. The van der Waals surface area contributed by atoms with Crippen LogP contribution in [-0.4, -0.2) is 46.5 Å². The van der Waals surface area contributed by atoms with Crippen molar-refractivity contribution in [3.05, 3.63) is 47.8 Å². The van der Waals surface area contributed by atoms with E-state index in [9.17, 15) is 9.18 Å². The standard InChI is InChI=1S/C15H16ClFN4O/c16-15-18-5-6-21(15)11-14(22)20-9-7-19(8-10-20)13-4-2-1-3-12(13)17/h1-6H,7-11H2. The quantitative estimate of drug-likeness (QED) is 0.868. The Morgan fingerprint density at radius 3 is 2.59 bits per heavy atom. The van der Waals surface area contributed by atoms with Crippen LogP contribution in [0, 0.1) is 5.82 Å². The van der Waals surface area contributed by atoms with E-state index in [4.69, 9.17) is 11.6 Å². The molecule has 0 atom stereocenters. The number of hydrogen-bond acceptors (Lipinski definition) is 3. The van der Waals surface area contributed by atoms with Crippen LogP contribution in [0.2, 0.25) is 5.28 Å². The zero-order valence-electron chi connectivity index (χ0n) is 12.0. The lowest BCUT2D eigenvalue weighted by molar-refractivity contribution is -0.132. The van der Waals surface area contributed by atoms with Crippen LogP contribution in [0.3, 0.4) is 0 Å². The van der Waals surface area contributed by atoms with Gasteiger partial charge in [0, 0.05) is 38.6 Å². The van der Waals surface area contributed by atoms with Crippen molar-refractivity contribution in [3.8, 4) is 0 Å². The Morgan fingerprint density at radius 2 is 1.95 bits per heavy atom. The maximum Gasteiger partial charge on any atom is 0.242 e. The molecule has 2 heterocycles. The number of halogens is 2. The number of anilines is 1. The van der Waals surface area contributed by atoms with E-state index in [0.717, 1.165) is 0 Å². The van der Waals surface area contributed by atoms with E-state index in [1.165, 1.54) is 6.07 Å². The van der Waals surface area contributed by atoms with Gasteiger partial charge in [-0.05, 0) is 23.7 Å². The number of amides is 1. The van der Waals surface area contributed by atoms with Crippen LogP contribution < -0.4 is 4.90 Å². The third-order valence-corrected chi connectivity index (χ3v) is 4.11. The molecule has 1 fully saturated rings. The molecule has 0 unspecified atom stereocenters. The molecule has 1 saturated heterocycles. The zero-order valence-corrected chi connectivity index (χ0v) is 12.7. The Labute approximate surface area is 132 Å². The first kappa shape index (κ1) is 14.8. The van der Waals surface area contributed by atoms with Crippen molar-refractivity contribution in [2.75, 3.05) is 31.1 Å². The normalized spacial score (nSPS) is 15.2. The fraction of sp³-hybridized carbons (Fsp3) is 0.333. The van der Waals surface area contributed by atoms with Gasteiger partial charge >= 0.3 is 0 Å². The van der Waals surface area contributed by atoms with E-state index >= 15 is 0 Å². The van der Waals surface area contributed by atoms with Crippen molar-refractivity contribution < 1.29 is 9.18 Å². The fourth-order valence-corrected chi connectivity index (χ4v) is 2.75. The number of nitrogens with zero attached hydrogens (tertiary/aromatic N) is 4. The van der Waals surface area contributed by atoms with Crippen LogP contribution in [0.1, 0.15) is 0 Å². The molecule has 0 aliphatic carbocycles. The molecule has 0 spiro atoms. The Balaban J connectivity index is 1.59. The van der Waals surface area contributed by atoms with Gasteiger partial charge in [-0.25, -0.2) is 9.37 Å². The van der Waals surface area contributed by atoms with Crippen LogP contribution in [0.5, 0.6) is 0 Å². The summed E-state index contributed by atoms with van der Waals surface area (Å²) in [5.41, 5.74) is 0.590. The predicted molar refractivity (Wildman–Crippen MR) is 82.4 cm³/mol. The van der Waals surface area contributed by atoms with Gasteiger partial charge in [0.2, 0.25) is 11.2 Å². The van der Waals surface area contributed by atoms with E-state index in [1.807, 2.05) is 11.0 Å². The number of benzene rings is 1. The summed E-state index contributed by atoms with van der Waals surface area (Å²) in [6.07, 6.45) is 3.24. The summed E-state index contributed by atoms with van der Waals surface area (Å²) in [4.78, 5) is 19.9. The number of rotatable bonds is 3. The first-order valence-electron chi connectivity index (χ1n) is 7.09. The van der Waals surface area contributed by atoms with E-state index in [1.54, 1.807) is 34.0 Å². The third kappa shape index (κ3) is 3.06. The molecule has 5 nitrogen and oxygen atoms in total. The summed E-state index contributed by atoms with van der Waals surface area (Å²) in [5.74, 6) is -0.236. The molecule has 116 valence electrons. The average Bonchev–Trinajstić information content (AvgIpc) is 2.93. The maximum absolute atomic E-state index is 13.8. The Morgan fingerprint density at radius 1 is 1.23 bits per heavy atom. The van der Waals surface area contributed by atoms with Crippen molar-refractivity contribution in [1.29, 1.82) is 0 Å². The second kappa shape index (κ2) is 6.36. The molecule has 0 N–H and O–H groups in total. The highest BCUT2D eigenvalue weighted by atomic mass is 35.5. The van der Waals surface area contributed by atoms with Crippen LogP contribution in [0.25, 0.3) is 0 Å². The molecule has 0 radical (unpaired) electrons. The topological polar surface area (TPSA) is 41.4 Å². The van der Waals surface area contributed by atoms with Crippen LogP contribution >= 0.6 is 11.6 Å². The highest BCUT2D eigenvalue weighted by Gasteiger charge is 2.23. The van der Waals surface area contributed by atoms with Gasteiger partial charge in [-0.2, -0.15) is 0 Å². The second-order valence-corrected chi connectivity index (χ2v) is 5.48. The first-order chi connectivity index (χ1) is 10.6. The second-order valence-electron chi connectivity index (χ2n) is 5.14. The predicted octanol–water partition coefficient (Wildman–Crippen LogP) is 2.02. The van der Waals surface area contributed by atoms with Crippen molar-refractivity contribution in [3.63, 3.8) is 0 Å². The van der Waals surface area contributed by atoms with Gasteiger partial charge in [-0.15, -0.1) is 0 Å². The summed E-state index contributed by atoms with van der Waals surface area (Å²) < 4.78 is 15.4. The Hall–Kier alpha value is -2.08. The summed E-state index contributed by atoms with van der Waals surface area (Å²) in [7, 11) is 0. The lowest BCUT2D eigenvalue weighted by Gasteiger charge is -2.36. The molecule has 7 heteroatoms. The highest BCUT2D eigenvalue weighted by molar-refractivity contribution is 6.28. The number of imidazole rings is 1. The number of carbonyl (C=O) groups is 1. The van der Waals surface area contributed by atoms with Gasteiger partial charge in [0.1, 0.15) is 12.4 Å². The lowest BCUT2D eigenvalue weighted by atomic mass is 10.2. The molecular formula is C15H16ClFN4O. The smallest absolute Gasteiger partial charge is 0.242 e. The number of piperazine rings is 1. The number of para-hydroxylation sites is 1. The largest absolute Gasteiger partial charge is 0.366 e. The molecule has 1 aliphatic heterocycles. The molecule has 0 bridgehead atoms. The van der Waals surface area contributed by atoms with Crippen molar-refractivity contribution in [2.24, 2.45) is 0 Å². The van der Waals surface area contributed by atoms with Gasteiger partial charge in [0.25, 0.3) is 0 Å². The summed E-state index contributed by atoms with van der Waals surface area (Å²) in [5, 5.41) is 0.304. The molecule has 1 aromatic carbocycles. The van der Waals surface area contributed by atoms with Gasteiger partial charge in [0.05, 0.1) is 5.69 Å². The molecule has 1 amide bonds. The number of aromatic nitrogens is 2. The Bertz CT molecular complexity index is 667. The maximum atomic E-state index is 13.8.